The number of rotatable bonds is 2. The topological polar surface area (TPSA) is 36.4 Å². The molecule has 3 rings (SSSR count). The molecular formula is C17H14Cl2F3N3O. The number of alkyl halides is 3. The number of hydrogen-bond donors (Lipinski definition) is 0. The number of piperazine rings is 1. The van der Waals surface area contributed by atoms with Gasteiger partial charge in [-0.25, -0.2) is 4.98 Å². The number of aromatic nitrogens is 1. The molecule has 0 atom stereocenters. The van der Waals surface area contributed by atoms with Crippen molar-refractivity contribution in [2.45, 2.75) is 6.18 Å². The average molecular weight is 404 g/mol. The van der Waals surface area contributed by atoms with Crippen molar-refractivity contribution in [1.82, 2.24) is 9.88 Å². The standard InChI is InChI=1S/C17H14Cl2F3N3O/c18-12-2-3-13(14(19)9-12)16(26)25-7-5-24(6-8-25)15-4-1-11(10-23-15)17(20,21)22/h1-4,9-10H,5-8H2. The third-order valence-electron chi connectivity index (χ3n) is 4.13. The molecule has 4 nitrogen and oxygen atoms in total. The van der Waals surface area contributed by atoms with Gasteiger partial charge in [0.1, 0.15) is 5.82 Å². The lowest BCUT2D eigenvalue weighted by molar-refractivity contribution is -0.137. The summed E-state index contributed by atoms with van der Waals surface area (Å²) in [5.74, 6) is 0.251. The lowest BCUT2D eigenvalue weighted by Gasteiger charge is -2.35. The first-order chi connectivity index (χ1) is 12.3. The van der Waals surface area contributed by atoms with Crippen LogP contribution in [0.4, 0.5) is 19.0 Å². The zero-order chi connectivity index (χ0) is 18.9. The first-order valence-corrected chi connectivity index (χ1v) is 8.54. The van der Waals surface area contributed by atoms with Gasteiger partial charge in [-0.1, -0.05) is 23.2 Å². The van der Waals surface area contributed by atoms with Crippen molar-refractivity contribution in [3.8, 4) is 0 Å². The summed E-state index contributed by atoms with van der Waals surface area (Å²) < 4.78 is 37.8. The van der Waals surface area contributed by atoms with E-state index in [1.54, 1.807) is 17.0 Å². The lowest BCUT2D eigenvalue weighted by atomic mass is 10.1. The second kappa shape index (κ2) is 7.32. The molecule has 0 aliphatic carbocycles. The minimum Gasteiger partial charge on any atom is -0.353 e. The summed E-state index contributed by atoms with van der Waals surface area (Å²) in [6.45, 7) is 1.77. The van der Waals surface area contributed by atoms with E-state index in [0.29, 0.717) is 42.6 Å². The van der Waals surface area contributed by atoms with Crippen LogP contribution in [0, 0.1) is 0 Å². The molecule has 1 aromatic heterocycles. The number of benzene rings is 1. The van der Waals surface area contributed by atoms with Gasteiger partial charge in [-0.3, -0.25) is 4.79 Å². The van der Waals surface area contributed by atoms with Gasteiger partial charge in [-0.15, -0.1) is 0 Å². The molecule has 138 valence electrons. The summed E-state index contributed by atoms with van der Waals surface area (Å²) in [6.07, 6.45) is -3.59. The number of amides is 1. The van der Waals surface area contributed by atoms with E-state index in [2.05, 4.69) is 4.98 Å². The molecule has 1 amide bonds. The van der Waals surface area contributed by atoms with Gasteiger partial charge >= 0.3 is 6.18 Å². The maximum Gasteiger partial charge on any atom is 0.417 e. The second-order valence-electron chi connectivity index (χ2n) is 5.81. The molecule has 0 bridgehead atoms. The summed E-state index contributed by atoms with van der Waals surface area (Å²) >= 11 is 11.9. The molecule has 9 heteroatoms. The van der Waals surface area contributed by atoms with E-state index < -0.39 is 11.7 Å². The smallest absolute Gasteiger partial charge is 0.353 e. The van der Waals surface area contributed by atoms with Gasteiger partial charge in [0.05, 0.1) is 16.1 Å². The van der Waals surface area contributed by atoms with E-state index in [4.69, 9.17) is 23.2 Å². The quantitative estimate of drug-likeness (QED) is 0.746. The molecule has 1 aliphatic heterocycles. The van der Waals surface area contributed by atoms with Crippen LogP contribution in [0.2, 0.25) is 10.0 Å². The number of carbonyl (C=O) groups excluding carboxylic acids is 1. The number of nitrogens with zero attached hydrogens (tertiary/aromatic N) is 3. The van der Waals surface area contributed by atoms with Crippen LogP contribution < -0.4 is 4.90 Å². The Morgan fingerprint density at radius 3 is 2.27 bits per heavy atom. The van der Waals surface area contributed by atoms with Crippen molar-refractivity contribution in [3.63, 3.8) is 0 Å². The van der Waals surface area contributed by atoms with Gasteiger partial charge < -0.3 is 9.80 Å². The first-order valence-electron chi connectivity index (χ1n) is 7.78. The summed E-state index contributed by atoms with van der Waals surface area (Å²) in [4.78, 5) is 19.9. The third-order valence-corrected chi connectivity index (χ3v) is 4.68. The van der Waals surface area contributed by atoms with Gasteiger partial charge in [0.15, 0.2) is 0 Å². The summed E-state index contributed by atoms with van der Waals surface area (Å²) in [7, 11) is 0. The molecule has 0 saturated carbocycles. The van der Waals surface area contributed by atoms with E-state index >= 15 is 0 Å². The fraction of sp³-hybridized carbons (Fsp3) is 0.294. The Morgan fingerprint density at radius 1 is 1.04 bits per heavy atom. The highest BCUT2D eigenvalue weighted by atomic mass is 35.5. The molecule has 1 fully saturated rings. The predicted octanol–water partition coefficient (Wildman–Crippen LogP) is 4.37. The molecule has 0 radical (unpaired) electrons. The van der Waals surface area contributed by atoms with E-state index in [9.17, 15) is 18.0 Å². The zero-order valence-electron chi connectivity index (χ0n) is 13.4. The van der Waals surface area contributed by atoms with Crippen LogP contribution in [0.25, 0.3) is 0 Å². The molecular weight excluding hydrogens is 390 g/mol. The van der Waals surface area contributed by atoms with Gasteiger partial charge in [-0.2, -0.15) is 13.2 Å². The number of carbonyl (C=O) groups is 1. The van der Waals surface area contributed by atoms with Gasteiger partial charge in [-0.05, 0) is 30.3 Å². The zero-order valence-corrected chi connectivity index (χ0v) is 14.9. The summed E-state index contributed by atoms with van der Waals surface area (Å²) in [6, 6.07) is 7.04. The number of hydrogen-bond acceptors (Lipinski definition) is 3. The van der Waals surface area contributed by atoms with Crippen molar-refractivity contribution >= 4 is 34.9 Å². The van der Waals surface area contributed by atoms with Crippen LogP contribution in [-0.4, -0.2) is 42.0 Å². The fourth-order valence-electron chi connectivity index (χ4n) is 2.71. The fourth-order valence-corrected chi connectivity index (χ4v) is 3.20. The van der Waals surface area contributed by atoms with Crippen molar-refractivity contribution in [2.24, 2.45) is 0 Å². The monoisotopic (exact) mass is 403 g/mol. The number of pyridine rings is 1. The summed E-state index contributed by atoms with van der Waals surface area (Å²) in [5, 5.41) is 0.735. The minimum atomic E-state index is -4.41. The Morgan fingerprint density at radius 2 is 1.73 bits per heavy atom. The van der Waals surface area contributed by atoms with Crippen LogP contribution >= 0.6 is 23.2 Å². The maximum absolute atomic E-state index is 12.6. The molecule has 26 heavy (non-hydrogen) atoms. The van der Waals surface area contributed by atoms with Gasteiger partial charge in [0, 0.05) is 37.4 Å². The van der Waals surface area contributed by atoms with Crippen LogP contribution in [0.15, 0.2) is 36.5 Å². The second-order valence-corrected chi connectivity index (χ2v) is 6.65. The Bertz CT molecular complexity index is 804. The average Bonchev–Trinajstić information content (AvgIpc) is 2.61. The SMILES string of the molecule is O=C(c1ccc(Cl)cc1Cl)N1CCN(c2ccc(C(F)(F)F)cn2)CC1. The highest BCUT2D eigenvalue weighted by Gasteiger charge is 2.31. The molecule has 1 aliphatic rings. The van der Waals surface area contributed by atoms with Crippen LogP contribution in [0.1, 0.15) is 15.9 Å². The van der Waals surface area contributed by atoms with Crippen LogP contribution in [0.3, 0.4) is 0 Å². The molecule has 2 aromatic rings. The van der Waals surface area contributed by atoms with Crippen LogP contribution in [-0.2, 0) is 6.18 Å². The first kappa shape index (κ1) is 18.8. The van der Waals surface area contributed by atoms with Gasteiger partial charge in [0.2, 0.25) is 0 Å². The maximum atomic E-state index is 12.6. The normalized spacial score (nSPS) is 15.3. The van der Waals surface area contributed by atoms with E-state index in [-0.39, 0.29) is 10.9 Å². The van der Waals surface area contributed by atoms with E-state index in [0.717, 1.165) is 12.3 Å². The number of anilines is 1. The molecule has 1 aromatic carbocycles. The summed E-state index contributed by atoms with van der Waals surface area (Å²) in [5.41, 5.74) is -0.412. The molecule has 0 spiro atoms. The molecule has 2 heterocycles. The Balaban J connectivity index is 1.64. The lowest BCUT2D eigenvalue weighted by Crippen LogP contribution is -2.49. The van der Waals surface area contributed by atoms with E-state index in [1.807, 2.05) is 4.90 Å². The highest BCUT2D eigenvalue weighted by molar-refractivity contribution is 6.36. The Labute approximate surface area is 158 Å². The Kier molecular flexibility index (Phi) is 5.29. The van der Waals surface area contributed by atoms with Gasteiger partial charge in [0.25, 0.3) is 5.91 Å². The van der Waals surface area contributed by atoms with Crippen molar-refractivity contribution in [3.05, 3.63) is 57.7 Å². The minimum absolute atomic E-state index is 0.202. The van der Waals surface area contributed by atoms with Crippen molar-refractivity contribution in [1.29, 1.82) is 0 Å². The third kappa shape index (κ3) is 4.04. The van der Waals surface area contributed by atoms with E-state index in [1.165, 1.54) is 12.1 Å². The van der Waals surface area contributed by atoms with Crippen LogP contribution in [0.5, 0.6) is 0 Å². The Hall–Kier alpha value is -1.99. The molecule has 1 saturated heterocycles. The predicted molar refractivity (Wildman–Crippen MR) is 93.8 cm³/mol. The molecule has 0 unspecified atom stereocenters. The van der Waals surface area contributed by atoms with Crippen molar-refractivity contribution in [2.75, 3.05) is 31.1 Å². The number of halogens is 5. The molecule has 0 N–H and O–H groups in total. The highest BCUT2D eigenvalue weighted by Crippen LogP contribution is 2.29. The van der Waals surface area contributed by atoms with Crippen molar-refractivity contribution < 1.29 is 18.0 Å². The largest absolute Gasteiger partial charge is 0.417 e.